The molecule has 0 saturated carbocycles. The molecule has 0 aliphatic carbocycles. The number of rotatable bonds is 2. The van der Waals surface area contributed by atoms with E-state index in [2.05, 4.69) is 30.0 Å². The largest absolute Gasteiger partial charge is 0.325 e. The maximum absolute atomic E-state index is 4.87. The third-order valence-corrected chi connectivity index (χ3v) is 4.66. The number of hydrogen-bond donors (Lipinski definition) is 1. The van der Waals surface area contributed by atoms with Gasteiger partial charge in [0.25, 0.3) is 0 Å². The number of pyridine rings is 2. The molecular formula is C19H17N7. The van der Waals surface area contributed by atoms with Crippen LogP contribution in [0.4, 0.5) is 11.5 Å². The molecule has 0 amide bonds. The molecule has 1 aliphatic heterocycles. The monoisotopic (exact) mass is 343 g/mol. The Hall–Kier alpha value is -3.35. The Bertz CT molecular complexity index is 1100. The highest BCUT2D eigenvalue weighted by atomic mass is 15.2. The second kappa shape index (κ2) is 5.87. The smallest absolute Gasteiger partial charge is 0.180 e. The Labute approximate surface area is 150 Å². The number of fused-ring (bicyclic) bond motifs is 2. The van der Waals surface area contributed by atoms with Crippen LogP contribution in [0.1, 0.15) is 17.7 Å². The van der Waals surface area contributed by atoms with Gasteiger partial charge in [0.05, 0.1) is 17.3 Å². The Morgan fingerprint density at radius 2 is 2.04 bits per heavy atom. The van der Waals surface area contributed by atoms with E-state index < -0.39 is 0 Å². The highest BCUT2D eigenvalue weighted by Crippen LogP contribution is 2.35. The van der Waals surface area contributed by atoms with Crippen LogP contribution in [0.2, 0.25) is 0 Å². The van der Waals surface area contributed by atoms with Crippen molar-refractivity contribution < 1.29 is 0 Å². The van der Waals surface area contributed by atoms with E-state index in [1.807, 2.05) is 43.6 Å². The summed E-state index contributed by atoms with van der Waals surface area (Å²) in [6.45, 7) is 2.87. The first-order valence-electron chi connectivity index (χ1n) is 8.65. The van der Waals surface area contributed by atoms with Gasteiger partial charge in [-0.2, -0.15) is 5.10 Å². The number of nitrogens with one attached hydrogen (secondary N) is 1. The van der Waals surface area contributed by atoms with Crippen LogP contribution in [0.5, 0.6) is 0 Å². The number of aromatic nitrogens is 6. The third-order valence-electron chi connectivity index (χ3n) is 4.66. The topological polar surface area (TPSA) is 83.5 Å². The lowest BCUT2D eigenvalue weighted by atomic mass is 10.1. The molecule has 7 nitrogen and oxygen atoms in total. The molecule has 4 aromatic heterocycles. The molecule has 0 radical (unpaired) electrons. The fourth-order valence-corrected chi connectivity index (χ4v) is 3.44. The average Bonchev–Trinajstić information content (AvgIpc) is 3.16. The van der Waals surface area contributed by atoms with Gasteiger partial charge < -0.3 is 4.90 Å². The Morgan fingerprint density at radius 3 is 2.96 bits per heavy atom. The molecule has 0 saturated heterocycles. The van der Waals surface area contributed by atoms with Gasteiger partial charge in [-0.25, -0.2) is 19.9 Å². The zero-order chi connectivity index (χ0) is 17.5. The molecule has 0 spiro atoms. The molecule has 1 aliphatic rings. The first-order valence-corrected chi connectivity index (χ1v) is 8.65. The quantitative estimate of drug-likeness (QED) is 0.602. The number of anilines is 2. The number of nitrogens with zero attached hydrogens (tertiary/aromatic N) is 6. The molecule has 7 heteroatoms. The summed E-state index contributed by atoms with van der Waals surface area (Å²) < 4.78 is 0. The number of H-pyrrole nitrogens is 1. The molecule has 128 valence electrons. The standard InChI is InChI=1S/C19H17N7/c1-12-4-2-6-15(23-12)18-21-10-13-5-3-9-26(19(13)24-18)16-7-8-20-17-14(16)11-22-25-17/h2,4,6-8,10-11H,3,5,9H2,1H3,(H,20,22,25). The van der Waals surface area contributed by atoms with Gasteiger partial charge in [-0.15, -0.1) is 0 Å². The van der Waals surface area contributed by atoms with E-state index in [0.29, 0.717) is 5.82 Å². The summed E-state index contributed by atoms with van der Waals surface area (Å²) in [5, 5.41) is 8.06. The molecule has 5 heterocycles. The summed E-state index contributed by atoms with van der Waals surface area (Å²) in [5.74, 6) is 1.59. The van der Waals surface area contributed by atoms with Gasteiger partial charge in [0.2, 0.25) is 0 Å². The van der Waals surface area contributed by atoms with Gasteiger partial charge in [0, 0.05) is 30.2 Å². The van der Waals surface area contributed by atoms with E-state index in [0.717, 1.165) is 58.9 Å². The average molecular weight is 343 g/mol. The lowest BCUT2D eigenvalue weighted by Crippen LogP contribution is -2.26. The van der Waals surface area contributed by atoms with Crippen molar-refractivity contribution in [3.8, 4) is 11.5 Å². The van der Waals surface area contributed by atoms with E-state index in [9.17, 15) is 0 Å². The van der Waals surface area contributed by atoms with Crippen molar-refractivity contribution in [1.82, 2.24) is 30.1 Å². The molecule has 0 unspecified atom stereocenters. The maximum Gasteiger partial charge on any atom is 0.180 e. The first-order chi connectivity index (χ1) is 12.8. The zero-order valence-electron chi connectivity index (χ0n) is 14.3. The second-order valence-electron chi connectivity index (χ2n) is 6.42. The molecular weight excluding hydrogens is 326 g/mol. The minimum absolute atomic E-state index is 0.650. The third kappa shape index (κ3) is 2.40. The molecule has 4 aromatic rings. The van der Waals surface area contributed by atoms with Crippen molar-refractivity contribution in [3.63, 3.8) is 0 Å². The molecule has 0 atom stereocenters. The predicted molar refractivity (Wildman–Crippen MR) is 99.2 cm³/mol. The summed E-state index contributed by atoms with van der Waals surface area (Å²) >= 11 is 0. The fourth-order valence-electron chi connectivity index (χ4n) is 3.44. The molecule has 5 rings (SSSR count). The van der Waals surface area contributed by atoms with Gasteiger partial charge >= 0.3 is 0 Å². The van der Waals surface area contributed by atoms with Crippen LogP contribution in [0.15, 0.2) is 42.9 Å². The van der Waals surface area contributed by atoms with Gasteiger partial charge in [0.1, 0.15) is 11.5 Å². The van der Waals surface area contributed by atoms with Crippen LogP contribution in [0, 0.1) is 6.92 Å². The van der Waals surface area contributed by atoms with Gasteiger partial charge in [0.15, 0.2) is 11.5 Å². The van der Waals surface area contributed by atoms with E-state index in [1.165, 1.54) is 0 Å². The summed E-state index contributed by atoms with van der Waals surface area (Å²) in [6.07, 6.45) is 7.58. The van der Waals surface area contributed by atoms with Crippen LogP contribution >= 0.6 is 0 Å². The van der Waals surface area contributed by atoms with Crippen molar-refractivity contribution in [3.05, 3.63) is 54.1 Å². The maximum atomic E-state index is 4.87. The van der Waals surface area contributed by atoms with Crippen molar-refractivity contribution in [2.45, 2.75) is 19.8 Å². The second-order valence-corrected chi connectivity index (χ2v) is 6.42. The van der Waals surface area contributed by atoms with Crippen LogP contribution in [-0.4, -0.2) is 36.7 Å². The lowest BCUT2D eigenvalue weighted by Gasteiger charge is -2.30. The van der Waals surface area contributed by atoms with Crippen LogP contribution in [0.25, 0.3) is 22.6 Å². The van der Waals surface area contributed by atoms with Crippen LogP contribution in [-0.2, 0) is 6.42 Å². The van der Waals surface area contributed by atoms with E-state index >= 15 is 0 Å². The normalized spacial score (nSPS) is 13.8. The number of aromatic amines is 1. The summed E-state index contributed by atoms with van der Waals surface area (Å²) in [6, 6.07) is 7.92. The molecule has 26 heavy (non-hydrogen) atoms. The first kappa shape index (κ1) is 14.9. The molecule has 0 bridgehead atoms. The Morgan fingerprint density at radius 1 is 1.08 bits per heavy atom. The Kier molecular flexibility index (Phi) is 3.38. The summed E-state index contributed by atoms with van der Waals surface area (Å²) in [7, 11) is 0. The van der Waals surface area contributed by atoms with Crippen molar-refractivity contribution in [1.29, 1.82) is 0 Å². The molecule has 1 N–H and O–H groups in total. The fraction of sp³-hybridized carbons (Fsp3) is 0.211. The molecule has 0 aromatic carbocycles. The van der Waals surface area contributed by atoms with Gasteiger partial charge in [-0.3, -0.25) is 5.10 Å². The van der Waals surface area contributed by atoms with Crippen LogP contribution < -0.4 is 4.90 Å². The highest BCUT2D eigenvalue weighted by Gasteiger charge is 2.23. The van der Waals surface area contributed by atoms with Crippen molar-refractivity contribution >= 4 is 22.5 Å². The van der Waals surface area contributed by atoms with Crippen LogP contribution in [0.3, 0.4) is 0 Å². The van der Waals surface area contributed by atoms with E-state index in [-0.39, 0.29) is 0 Å². The molecule has 0 fully saturated rings. The minimum atomic E-state index is 0.650. The summed E-state index contributed by atoms with van der Waals surface area (Å²) in [4.78, 5) is 20.6. The Balaban J connectivity index is 1.66. The number of hydrogen-bond acceptors (Lipinski definition) is 6. The van der Waals surface area contributed by atoms with Gasteiger partial charge in [-0.05, 0) is 38.0 Å². The van der Waals surface area contributed by atoms with Crippen molar-refractivity contribution in [2.75, 3.05) is 11.4 Å². The van der Waals surface area contributed by atoms with E-state index in [1.54, 1.807) is 6.20 Å². The van der Waals surface area contributed by atoms with E-state index in [4.69, 9.17) is 4.98 Å². The number of aryl methyl sites for hydroxylation is 2. The van der Waals surface area contributed by atoms with Gasteiger partial charge in [-0.1, -0.05) is 6.07 Å². The minimum Gasteiger partial charge on any atom is -0.325 e. The highest BCUT2D eigenvalue weighted by molar-refractivity contribution is 5.91. The predicted octanol–water partition coefficient (Wildman–Crippen LogP) is 3.20. The van der Waals surface area contributed by atoms with Crippen molar-refractivity contribution in [2.24, 2.45) is 0 Å². The lowest BCUT2D eigenvalue weighted by molar-refractivity contribution is 0.748. The SMILES string of the molecule is Cc1cccc(-c2ncc3c(n2)N(c2ccnc4[nH]ncc24)CCC3)n1. The summed E-state index contributed by atoms with van der Waals surface area (Å²) in [5.41, 5.74) is 4.74. The zero-order valence-corrected chi connectivity index (χ0v) is 14.3.